The van der Waals surface area contributed by atoms with Gasteiger partial charge in [0.25, 0.3) is 11.8 Å². The van der Waals surface area contributed by atoms with E-state index in [9.17, 15) is 9.59 Å². The molecule has 2 amide bonds. The molecule has 1 aromatic carbocycles. The molecule has 1 aromatic heterocycles. The number of anilines is 1. The lowest BCUT2D eigenvalue weighted by molar-refractivity contribution is 0.0532. The van der Waals surface area contributed by atoms with Gasteiger partial charge in [-0.2, -0.15) is 0 Å². The molecule has 0 saturated carbocycles. The van der Waals surface area contributed by atoms with Gasteiger partial charge >= 0.3 is 0 Å². The summed E-state index contributed by atoms with van der Waals surface area (Å²) in [6, 6.07) is 7.11. The van der Waals surface area contributed by atoms with Crippen molar-refractivity contribution in [1.29, 1.82) is 0 Å². The monoisotopic (exact) mass is 360 g/mol. The molecule has 7 nitrogen and oxygen atoms in total. The number of carbonyl (C=O) groups is 2. The van der Waals surface area contributed by atoms with Crippen LogP contribution < -0.4 is 10.1 Å². The number of methoxy groups -OCH3 is 1. The van der Waals surface area contributed by atoms with Crippen molar-refractivity contribution < 1.29 is 14.3 Å². The predicted octanol–water partition coefficient (Wildman–Crippen LogP) is 1.79. The Balaban J connectivity index is 1.61. The van der Waals surface area contributed by atoms with Crippen LogP contribution in [-0.4, -0.2) is 66.9 Å². The van der Waals surface area contributed by atoms with Gasteiger partial charge in [0, 0.05) is 44.2 Å². The number of aromatic nitrogens is 1. The van der Waals surface area contributed by atoms with E-state index >= 15 is 0 Å². The van der Waals surface area contributed by atoms with E-state index in [1.54, 1.807) is 53.6 Å². The summed E-state index contributed by atoms with van der Waals surface area (Å²) in [5.41, 5.74) is 1.04. The first-order valence-corrected chi connectivity index (χ1v) is 8.86. The lowest BCUT2D eigenvalue weighted by Gasteiger charge is -2.34. The molecule has 2 heterocycles. The smallest absolute Gasteiger partial charge is 0.273 e. The van der Waals surface area contributed by atoms with Crippen LogP contribution in [0, 0.1) is 0 Å². The fourth-order valence-corrected chi connectivity index (χ4v) is 3.35. The minimum Gasteiger partial charge on any atom is -0.497 e. The molecule has 3 rings (SSSR count). The number of hydrogen-bond donors (Lipinski definition) is 1. The fraction of sp³-hybridized carbons (Fsp3) is 0.353. The van der Waals surface area contributed by atoms with Crippen LogP contribution in [-0.2, 0) is 0 Å². The maximum Gasteiger partial charge on any atom is 0.273 e. The van der Waals surface area contributed by atoms with Gasteiger partial charge in [0.15, 0.2) is 5.13 Å². The van der Waals surface area contributed by atoms with Gasteiger partial charge in [0.05, 0.1) is 7.11 Å². The molecule has 0 radical (unpaired) electrons. The van der Waals surface area contributed by atoms with Crippen LogP contribution in [0.25, 0.3) is 0 Å². The molecule has 0 unspecified atom stereocenters. The number of piperazine rings is 1. The lowest BCUT2D eigenvalue weighted by atomic mass is 10.1. The van der Waals surface area contributed by atoms with Crippen molar-refractivity contribution in [3.63, 3.8) is 0 Å². The number of carbonyl (C=O) groups excluding carboxylic acids is 2. The third kappa shape index (κ3) is 3.74. The Kier molecular flexibility index (Phi) is 5.18. The lowest BCUT2D eigenvalue weighted by Crippen LogP contribution is -2.50. The first kappa shape index (κ1) is 17.2. The van der Waals surface area contributed by atoms with Crippen LogP contribution in [0.4, 0.5) is 5.13 Å². The zero-order valence-electron chi connectivity index (χ0n) is 14.2. The molecule has 1 aliphatic rings. The Morgan fingerprint density at radius 3 is 2.44 bits per heavy atom. The standard InChI is InChI=1S/C17H20N4O3S/c1-18-17-19-14(11-25-17)16(23)21-8-6-20(7-9-21)15(22)12-4-3-5-13(10-12)24-2/h3-5,10-11H,6-9H2,1-2H3,(H,18,19). The van der Waals surface area contributed by atoms with Gasteiger partial charge in [-0.05, 0) is 18.2 Å². The number of nitrogens with zero attached hydrogens (tertiary/aromatic N) is 3. The second-order valence-corrected chi connectivity index (χ2v) is 6.46. The number of amides is 2. The molecular weight excluding hydrogens is 340 g/mol. The Labute approximate surface area is 150 Å². The Bertz CT molecular complexity index is 769. The average molecular weight is 360 g/mol. The molecule has 0 spiro atoms. The van der Waals surface area contributed by atoms with Gasteiger partial charge in [-0.25, -0.2) is 4.98 Å². The summed E-state index contributed by atoms with van der Waals surface area (Å²) in [4.78, 5) is 32.8. The summed E-state index contributed by atoms with van der Waals surface area (Å²) in [5.74, 6) is 0.520. The zero-order valence-corrected chi connectivity index (χ0v) is 15.0. The molecule has 132 valence electrons. The number of benzene rings is 1. The molecule has 0 bridgehead atoms. The molecule has 1 aliphatic heterocycles. The van der Waals surface area contributed by atoms with Gasteiger partial charge < -0.3 is 19.9 Å². The Hall–Kier alpha value is -2.61. The van der Waals surface area contributed by atoms with Crippen LogP contribution in [0.3, 0.4) is 0 Å². The van der Waals surface area contributed by atoms with E-state index in [0.717, 1.165) is 5.13 Å². The molecule has 0 atom stereocenters. The van der Waals surface area contributed by atoms with Crippen molar-refractivity contribution in [2.75, 3.05) is 45.7 Å². The predicted molar refractivity (Wildman–Crippen MR) is 96.5 cm³/mol. The molecule has 0 aliphatic carbocycles. The van der Waals surface area contributed by atoms with Crippen LogP contribution >= 0.6 is 11.3 Å². The largest absolute Gasteiger partial charge is 0.497 e. The second-order valence-electron chi connectivity index (χ2n) is 5.60. The minimum absolute atomic E-state index is 0.0443. The topological polar surface area (TPSA) is 74.8 Å². The number of thiazole rings is 1. The molecule has 1 fully saturated rings. The van der Waals surface area contributed by atoms with Crippen molar-refractivity contribution in [2.24, 2.45) is 0 Å². The van der Waals surface area contributed by atoms with Gasteiger partial charge in [0.1, 0.15) is 11.4 Å². The number of rotatable bonds is 4. The molecule has 8 heteroatoms. The summed E-state index contributed by atoms with van der Waals surface area (Å²) in [5, 5.41) is 5.40. The minimum atomic E-state index is -0.0915. The highest BCUT2D eigenvalue weighted by Gasteiger charge is 2.26. The van der Waals surface area contributed by atoms with Gasteiger partial charge in [0.2, 0.25) is 0 Å². The van der Waals surface area contributed by atoms with E-state index in [1.807, 2.05) is 0 Å². The van der Waals surface area contributed by atoms with Gasteiger partial charge in [-0.15, -0.1) is 11.3 Å². The number of nitrogens with one attached hydrogen (secondary N) is 1. The summed E-state index contributed by atoms with van der Waals surface area (Å²) in [6.07, 6.45) is 0. The summed E-state index contributed by atoms with van der Waals surface area (Å²) in [7, 11) is 3.35. The molecule has 25 heavy (non-hydrogen) atoms. The van der Waals surface area contributed by atoms with Crippen LogP contribution in [0.15, 0.2) is 29.6 Å². The molecular formula is C17H20N4O3S. The van der Waals surface area contributed by atoms with Crippen molar-refractivity contribution in [2.45, 2.75) is 0 Å². The van der Waals surface area contributed by atoms with Crippen molar-refractivity contribution in [3.05, 3.63) is 40.9 Å². The highest BCUT2D eigenvalue weighted by atomic mass is 32.1. The maximum absolute atomic E-state index is 12.6. The van der Waals surface area contributed by atoms with E-state index < -0.39 is 0 Å². The fourth-order valence-electron chi connectivity index (χ4n) is 2.70. The van der Waals surface area contributed by atoms with Crippen molar-refractivity contribution >= 4 is 28.3 Å². The van der Waals surface area contributed by atoms with Crippen LogP contribution in [0.1, 0.15) is 20.8 Å². The highest BCUT2D eigenvalue weighted by molar-refractivity contribution is 7.13. The first-order chi connectivity index (χ1) is 12.1. The summed E-state index contributed by atoms with van der Waals surface area (Å²) < 4.78 is 5.17. The van der Waals surface area contributed by atoms with Crippen LogP contribution in [0.5, 0.6) is 5.75 Å². The third-order valence-electron chi connectivity index (χ3n) is 4.11. The highest BCUT2D eigenvalue weighted by Crippen LogP contribution is 2.18. The zero-order chi connectivity index (χ0) is 17.8. The molecule has 1 saturated heterocycles. The normalized spacial score (nSPS) is 14.3. The maximum atomic E-state index is 12.6. The van der Waals surface area contributed by atoms with E-state index in [-0.39, 0.29) is 11.8 Å². The number of hydrogen-bond acceptors (Lipinski definition) is 6. The van der Waals surface area contributed by atoms with E-state index in [0.29, 0.717) is 43.2 Å². The first-order valence-electron chi connectivity index (χ1n) is 7.98. The van der Waals surface area contributed by atoms with Crippen molar-refractivity contribution in [3.8, 4) is 5.75 Å². The second kappa shape index (κ2) is 7.52. The van der Waals surface area contributed by atoms with Gasteiger partial charge in [-0.1, -0.05) is 6.07 Å². The Morgan fingerprint density at radius 1 is 1.16 bits per heavy atom. The Morgan fingerprint density at radius 2 is 1.84 bits per heavy atom. The van der Waals surface area contributed by atoms with E-state index in [1.165, 1.54) is 11.3 Å². The quantitative estimate of drug-likeness (QED) is 0.900. The van der Waals surface area contributed by atoms with Crippen LogP contribution in [0.2, 0.25) is 0 Å². The molecule has 2 aromatic rings. The third-order valence-corrected chi connectivity index (χ3v) is 4.97. The summed E-state index contributed by atoms with van der Waals surface area (Å²) in [6.45, 7) is 2.01. The molecule has 1 N–H and O–H groups in total. The average Bonchev–Trinajstić information content (AvgIpc) is 3.16. The van der Waals surface area contributed by atoms with Gasteiger partial charge in [-0.3, -0.25) is 9.59 Å². The van der Waals surface area contributed by atoms with E-state index in [4.69, 9.17) is 4.74 Å². The van der Waals surface area contributed by atoms with E-state index in [2.05, 4.69) is 10.3 Å². The summed E-state index contributed by atoms with van der Waals surface area (Å²) >= 11 is 1.40. The number of ether oxygens (including phenoxy) is 1. The van der Waals surface area contributed by atoms with Crippen molar-refractivity contribution in [1.82, 2.24) is 14.8 Å². The SMILES string of the molecule is CNc1nc(C(=O)N2CCN(C(=O)c3cccc(OC)c3)CC2)cs1.